The van der Waals surface area contributed by atoms with Crippen LogP contribution in [0.2, 0.25) is 0 Å². The van der Waals surface area contributed by atoms with Crippen molar-refractivity contribution in [3.8, 4) is 61.8 Å². The SMILES string of the molecule is Cc1ccc(-c2ccc(-c3ccc(C)cc3)n2-c2ccc(-c3cc(-c4ccccn4)cc(-c4ccccn4)c3)cc2)cc1. The van der Waals surface area contributed by atoms with E-state index in [2.05, 4.69) is 144 Å². The van der Waals surface area contributed by atoms with Gasteiger partial charge in [0.05, 0.1) is 22.8 Å². The molecule has 206 valence electrons. The van der Waals surface area contributed by atoms with Gasteiger partial charge in [-0.3, -0.25) is 9.97 Å². The Morgan fingerprint density at radius 1 is 0.395 bits per heavy atom. The van der Waals surface area contributed by atoms with E-state index in [1.807, 2.05) is 36.7 Å². The third-order valence-corrected chi connectivity index (χ3v) is 7.89. The highest BCUT2D eigenvalue weighted by Crippen LogP contribution is 2.35. The first-order valence-electron chi connectivity index (χ1n) is 14.6. The zero-order valence-corrected chi connectivity index (χ0v) is 24.3. The average molecular weight is 554 g/mol. The molecule has 0 radical (unpaired) electrons. The van der Waals surface area contributed by atoms with Crippen molar-refractivity contribution >= 4 is 0 Å². The van der Waals surface area contributed by atoms with Crippen LogP contribution >= 0.6 is 0 Å². The molecule has 0 atom stereocenters. The van der Waals surface area contributed by atoms with Crippen molar-refractivity contribution in [1.82, 2.24) is 14.5 Å². The summed E-state index contributed by atoms with van der Waals surface area (Å²) in [4.78, 5) is 9.26. The molecule has 4 aromatic carbocycles. The summed E-state index contributed by atoms with van der Waals surface area (Å²) in [6.45, 7) is 4.25. The van der Waals surface area contributed by atoms with Crippen LogP contribution in [0.1, 0.15) is 11.1 Å². The maximum absolute atomic E-state index is 4.63. The van der Waals surface area contributed by atoms with Crippen LogP contribution in [0.5, 0.6) is 0 Å². The van der Waals surface area contributed by atoms with Gasteiger partial charge in [0, 0.05) is 29.2 Å². The van der Waals surface area contributed by atoms with Gasteiger partial charge in [0.1, 0.15) is 0 Å². The predicted octanol–water partition coefficient (Wildman–Crippen LogP) is 10.2. The van der Waals surface area contributed by atoms with Gasteiger partial charge < -0.3 is 4.57 Å². The highest BCUT2D eigenvalue weighted by Gasteiger charge is 2.15. The van der Waals surface area contributed by atoms with Crippen LogP contribution < -0.4 is 0 Å². The molecular weight excluding hydrogens is 522 g/mol. The number of benzene rings is 4. The summed E-state index contributed by atoms with van der Waals surface area (Å²) < 4.78 is 2.36. The maximum atomic E-state index is 4.63. The Kier molecular flexibility index (Phi) is 6.98. The summed E-state index contributed by atoms with van der Waals surface area (Å²) in [5.41, 5.74) is 14.6. The Bertz CT molecular complexity index is 1870. The first kappa shape index (κ1) is 26.4. The molecule has 3 nitrogen and oxygen atoms in total. The van der Waals surface area contributed by atoms with E-state index in [0.29, 0.717) is 0 Å². The van der Waals surface area contributed by atoms with Crippen LogP contribution in [0, 0.1) is 13.8 Å². The van der Waals surface area contributed by atoms with Gasteiger partial charge in [-0.1, -0.05) is 83.9 Å². The Labute approximate surface area is 252 Å². The maximum Gasteiger partial charge on any atom is 0.0702 e. The fourth-order valence-corrected chi connectivity index (χ4v) is 5.57. The minimum atomic E-state index is 0.941. The van der Waals surface area contributed by atoms with E-state index in [1.54, 1.807) is 0 Å². The van der Waals surface area contributed by atoms with E-state index in [-0.39, 0.29) is 0 Å². The van der Waals surface area contributed by atoms with Gasteiger partial charge in [0.25, 0.3) is 0 Å². The Balaban J connectivity index is 1.34. The minimum Gasteiger partial charge on any atom is -0.309 e. The van der Waals surface area contributed by atoms with E-state index in [1.165, 1.54) is 22.3 Å². The molecular formula is C40H31N3. The quantitative estimate of drug-likeness (QED) is 0.205. The van der Waals surface area contributed by atoms with Gasteiger partial charge in [-0.15, -0.1) is 0 Å². The van der Waals surface area contributed by atoms with Crippen molar-refractivity contribution < 1.29 is 0 Å². The molecule has 0 saturated carbocycles. The molecule has 7 aromatic rings. The summed E-state index contributed by atoms with van der Waals surface area (Å²) in [5, 5.41) is 0. The fraction of sp³-hybridized carbons (Fsp3) is 0.0500. The molecule has 0 aliphatic heterocycles. The Morgan fingerprint density at radius 3 is 1.28 bits per heavy atom. The molecule has 0 fully saturated rings. The third kappa shape index (κ3) is 5.41. The highest BCUT2D eigenvalue weighted by molar-refractivity contribution is 5.80. The van der Waals surface area contributed by atoms with Gasteiger partial charge in [0.15, 0.2) is 0 Å². The van der Waals surface area contributed by atoms with Crippen molar-refractivity contribution in [3.63, 3.8) is 0 Å². The normalized spacial score (nSPS) is 11.0. The van der Waals surface area contributed by atoms with E-state index < -0.39 is 0 Å². The van der Waals surface area contributed by atoms with Gasteiger partial charge in [0.2, 0.25) is 0 Å². The molecule has 0 aliphatic rings. The lowest BCUT2D eigenvalue weighted by Gasteiger charge is -2.16. The van der Waals surface area contributed by atoms with Crippen molar-refractivity contribution in [2.24, 2.45) is 0 Å². The van der Waals surface area contributed by atoms with Crippen molar-refractivity contribution in [2.75, 3.05) is 0 Å². The fourth-order valence-electron chi connectivity index (χ4n) is 5.57. The van der Waals surface area contributed by atoms with E-state index in [4.69, 9.17) is 0 Å². The van der Waals surface area contributed by atoms with Crippen LogP contribution in [0.25, 0.3) is 61.8 Å². The second-order valence-corrected chi connectivity index (χ2v) is 10.9. The Morgan fingerprint density at radius 2 is 0.837 bits per heavy atom. The lowest BCUT2D eigenvalue weighted by Crippen LogP contribution is -1.99. The van der Waals surface area contributed by atoms with E-state index in [0.717, 1.165) is 50.7 Å². The predicted molar refractivity (Wildman–Crippen MR) is 178 cm³/mol. The summed E-state index contributed by atoms with van der Waals surface area (Å²) in [6, 6.07) is 49.5. The lowest BCUT2D eigenvalue weighted by molar-refractivity contribution is 1.09. The van der Waals surface area contributed by atoms with Gasteiger partial charge in [-0.2, -0.15) is 0 Å². The van der Waals surface area contributed by atoms with Gasteiger partial charge in [-0.25, -0.2) is 0 Å². The third-order valence-electron chi connectivity index (χ3n) is 7.89. The monoisotopic (exact) mass is 553 g/mol. The molecule has 7 rings (SSSR count). The molecule has 0 saturated heterocycles. The van der Waals surface area contributed by atoms with Crippen LogP contribution in [0.3, 0.4) is 0 Å². The summed E-state index contributed by atoms with van der Waals surface area (Å²) >= 11 is 0. The zero-order chi connectivity index (χ0) is 29.2. The summed E-state index contributed by atoms with van der Waals surface area (Å²) in [5.74, 6) is 0. The lowest BCUT2D eigenvalue weighted by atomic mass is 9.96. The van der Waals surface area contributed by atoms with Crippen molar-refractivity contribution in [3.05, 3.63) is 163 Å². The van der Waals surface area contributed by atoms with Crippen molar-refractivity contribution in [1.29, 1.82) is 0 Å². The van der Waals surface area contributed by atoms with Crippen LogP contribution in [0.15, 0.2) is 152 Å². The second kappa shape index (κ2) is 11.4. The first-order chi connectivity index (χ1) is 21.1. The number of pyridine rings is 2. The van der Waals surface area contributed by atoms with Crippen molar-refractivity contribution in [2.45, 2.75) is 13.8 Å². The minimum absolute atomic E-state index is 0.941. The first-order valence-corrected chi connectivity index (χ1v) is 14.6. The number of hydrogen-bond acceptors (Lipinski definition) is 2. The summed E-state index contributed by atoms with van der Waals surface area (Å²) in [7, 11) is 0. The van der Waals surface area contributed by atoms with Crippen LogP contribution in [-0.4, -0.2) is 14.5 Å². The molecule has 0 aliphatic carbocycles. The van der Waals surface area contributed by atoms with Gasteiger partial charge in [-0.05, 0) is 103 Å². The molecule has 0 amide bonds. The largest absolute Gasteiger partial charge is 0.309 e. The van der Waals surface area contributed by atoms with Crippen LogP contribution in [0.4, 0.5) is 0 Å². The molecule has 3 heteroatoms. The molecule has 43 heavy (non-hydrogen) atoms. The molecule has 0 N–H and O–H groups in total. The molecule has 3 aromatic heterocycles. The standard InChI is InChI=1S/C40H31N3/c1-28-9-13-31(14-10-28)39-21-22-40(32-15-11-29(2)12-16-32)43(39)36-19-17-30(18-20-36)33-25-34(37-7-3-5-23-41-37)27-35(26-33)38-8-4-6-24-42-38/h3-27H,1-2H3. The highest BCUT2D eigenvalue weighted by atomic mass is 15.0. The van der Waals surface area contributed by atoms with E-state index in [9.17, 15) is 0 Å². The van der Waals surface area contributed by atoms with Crippen LogP contribution in [-0.2, 0) is 0 Å². The van der Waals surface area contributed by atoms with Gasteiger partial charge >= 0.3 is 0 Å². The number of rotatable bonds is 6. The van der Waals surface area contributed by atoms with E-state index >= 15 is 0 Å². The number of hydrogen-bond donors (Lipinski definition) is 0. The topological polar surface area (TPSA) is 30.7 Å². The molecule has 0 spiro atoms. The number of aromatic nitrogens is 3. The smallest absolute Gasteiger partial charge is 0.0702 e. The zero-order valence-electron chi connectivity index (χ0n) is 24.3. The molecule has 0 bridgehead atoms. The molecule has 3 heterocycles. The number of aryl methyl sites for hydroxylation is 2. The summed E-state index contributed by atoms with van der Waals surface area (Å²) in [6.07, 6.45) is 3.68. The average Bonchev–Trinajstić information content (AvgIpc) is 3.51. The Hall–Kier alpha value is -5.54. The number of nitrogens with zero attached hydrogens (tertiary/aromatic N) is 3. The second-order valence-electron chi connectivity index (χ2n) is 10.9. The molecule has 0 unspecified atom stereocenters.